The number of benzene rings is 1. The van der Waals surface area contributed by atoms with Crippen molar-refractivity contribution in [1.29, 1.82) is 0 Å². The van der Waals surface area contributed by atoms with E-state index in [1.165, 1.54) is 4.31 Å². The molecule has 8 nitrogen and oxygen atoms in total. The van der Waals surface area contributed by atoms with Crippen LogP contribution in [0.15, 0.2) is 29.2 Å². The van der Waals surface area contributed by atoms with Crippen molar-refractivity contribution >= 4 is 33.4 Å². The van der Waals surface area contributed by atoms with Gasteiger partial charge in [0.15, 0.2) is 0 Å². The first kappa shape index (κ1) is 24.8. The van der Waals surface area contributed by atoms with E-state index in [1.807, 2.05) is 12.1 Å². The van der Waals surface area contributed by atoms with Crippen LogP contribution < -0.4 is 5.32 Å². The van der Waals surface area contributed by atoms with Crippen molar-refractivity contribution in [3.63, 3.8) is 0 Å². The van der Waals surface area contributed by atoms with Crippen LogP contribution in [0, 0.1) is 19.8 Å². The fourth-order valence-electron chi connectivity index (χ4n) is 4.84. The number of aryl methyl sites for hydroxylation is 2. The fourth-order valence-corrected chi connectivity index (χ4v) is 6.85. The molecule has 2 N–H and O–H groups in total. The molecule has 2 fully saturated rings. The quantitative estimate of drug-likeness (QED) is 0.627. The Balaban J connectivity index is 1.42. The predicted octanol–water partition coefficient (Wildman–Crippen LogP) is 3.24. The molecule has 2 aromatic rings. The standard InChI is InChI=1S/C24H31ClN4O4S/c1-16-21(24(31)28-11-3-4-12-28)22(17(2)27-16)34(32,33)29-13-9-19(10-14-29)23(30)26-15-18-5-7-20(25)8-6-18/h5-8,19,27H,3-4,9-15H2,1-2H3,(H,26,30). The van der Waals surface area contributed by atoms with Crippen molar-refractivity contribution in [3.8, 4) is 0 Å². The maximum Gasteiger partial charge on any atom is 0.257 e. The molecule has 2 amide bonds. The van der Waals surface area contributed by atoms with Gasteiger partial charge in [-0.1, -0.05) is 23.7 Å². The van der Waals surface area contributed by atoms with Gasteiger partial charge in [-0.05, 0) is 57.2 Å². The number of piperidine rings is 1. The first-order chi connectivity index (χ1) is 16.2. The van der Waals surface area contributed by atoms with Crippen LogP contribution >= 0.6 is 11.6 Å². The minimum Gasteiger partial charge on any atom is -0.361 e. The zero-order valence-corrected chi connectivity index (χ0v) is 21.1. The molecule has 0 bridgehead atoms. The zero-order valence-electron chi connectivity index (χ0n) is 19.6. The summed E-state index contributed by atoms with van der Waals surface area (Å²) in [5, 5.41) is 3.58. The highest BCUT2D eigenvalue weighted by Crippen LogP contribution is 2.31. The Morgan fingerprint density at radius 3 is 2.26 bits per heavy atom. The van der Waals surface area contributed by atoms with Gasteiger partial charge in [0.25, 0.3) is 5.91 Å². The van der Waals surface area contributed by atoms with Gasteiger partial charge < -0.3 is 15.2 Å². The van der Waals surface area contributed by atoms with Crippen LogP contribution in [0.3, 0.4) is 0 Å². The van der Waals surface area contributed by atoms with Gasteiger partial charge in [0.1, 0.15) is 4.90 Å². The van der Waals surface area contributed by atoms with Gasteiger partial charge in [-0.2, -0.15) is 4.31 Å². The molecule has 0 atom stereocenters. The molecule has 0 aliphatic carbocycles. The third kappa shape index (κ3) is 5.01. The lowest BCUT2D eigenvalue weighted by molar-refractivity contribution is -0.126. The average Bonchev–Trinajstić information content (AvgIpc) is 3.46. The number of carbonyl (C=O) groups excluding carboxylic acids is 2. The first-order valence-electron chi connectivity index (χ1n) is 11.7. The SMILES string of the molecule is Cc1[nH]c(C)c(S(=O)(=O)N2CCC(C(=O)NCc3ccc(Cl)cc3)CC2)c1C(=O)N1CCCC1. The van der Waals surface area contributed by atoms with Crippen LogP contribution in [0.25, 0.3) is 0 Å². The summed E-state index contributed by atoms with van der Waals surface area (Å²) in [6.45, 7) is 5.62. The molecular formula is C24H31ClN4O4S. The zero-order chi connectivity index (χ0) is 24.5. The number of hydrogen-bond donors (Lipinski definition) is 2. The van der Waals surface area contributed by atoms with Crippen molar-refractivity contribution in [3.05, 3.63) is 51.8 Å². The lowest BCUT2D eigenvalue weighted by atomic mass is 9.97. The monoisotopic (exact) mass is 506 g/mol. The molecule has 2 aliphatic rings. The highest BCUT2D eigenvalue weighted by Gasteiger charge is 2.38. The van der Waals surface area contributed by atoms with E-state index in [-0.39, 0.29) is 41.3 Å². The fraction of sp³-hybridized carbons (Fsp3) is 0.500. The highest BCUT2D eigenvalue weighted by atomic mass is 35.5. The third-order valence-electron chi connectivity index (χ3n) is 6.73. The molecule has 0 saturated carbocycles. The van der Waals surface area contributed by atoms with Gasteiger partial charge in [0.2, 0.25) is 15.9 Å². The highest BCUT2D eigenvalue weighted by molar-refractivity contribution is 7.89. The van der Waals surface area contributed by atoms with E-state index in [1.54, 1.807) is 30.9 Å². The molecule has 1 aromatic carbocycles. The smallest absolute Gasteiger partial charge is 0.257 e. The number of sulfonamides is 1. The molecule has 0 unspecified atom stereocenters. The van der Waals surface area contributed by atoms with Gasteiger partial charge in [-0.15, -0.1) is 0 Å². The van der Waals surface area contributed by atoms with Gasteiger partial charge in [-0.25, -0.2) is 8.42 Å². The summed E-state index contributed by atoms with van der Waals surface area (Å²) in [7, 11) is -3.88. The number of halogens is 1. The number of amides is 2. The lowest BCUT2D eigenvalue weighted by Crippen LogP contribution is -2.43. The van der Waals surface area contributed by atoms with Gasteiger partial charge in [0, 0.05) is 55.1 Å². The van der Waals surface area contributed by atoms with Crippen molar-refractivity contribution in [2.45, 2.75) is 51.0 Å². The molecular weight excluding hydrogens is 476 g/mol. The number of nitrogens with one attached hydrogen (secondary N) is 2. The van der Waals surface area contributed by atoms with E-state index in [4.69, 9.17) is 11.6 Å². The lowest BCUT2D eigenvalue weighted by Gasteiger charge is -2.31. The number of carbonyl (C=O) groups is 2. The average molecular weight is 507 g/mol. The molecule has 4 rings (SSSR count). The molecule has 0 spiro atoms. The molecule has 3 heterocycles. The number of aromatic nitrogens is 1. The van der Waals surface area contributed by atoms with Crippen molar-refractivity contribution in [2.24, 2.45) is 5.92 Å². The Morgan fingerprint density at radius 1 is 1.03 bits per heavy atom. The third-order valence-corrected chi connectivity index (χ3v) is 9.05. The normalized spacial score (nSPS) is 17.8. The van der Waals surface area contributed by atoms with Gasteiger partial charge in [-0.3, -0.25) is 9.59 Å². The number of likely N-dealkylation sites (tertiary alicyclic amines) is 1. The molecule has 10 heteroatoms. The number of rotatable bonds is 6. The van der Waals surface area contributed by atoms with E-state index in [2.05, 4.69) is 10.3 Å². The van der Waals surface area contributed by atoms with Crippen molar-refractivity contribution in [2.75, 3.05) is 26.2 Å². The van der Waals surface area contributed by atoms with Crippen LogP contribution in [0.2, 0.25) is 5.02 Å². The van der Waals surface area contributed by atoms with Gasteiger partial charge in [0.05, 0.1) is 5.56 Å². The van der Waals surface area contributed by atoms with E-state index < -0.39 is 10.0 Å². The molecule has 0 radical (unpaired) electrons. The van der Waals surface area contributed by atoms with E-state index in [0.29, 0.717) is 48.9 Å². The first-order valence-corrected chi connectivity index (χ1v) is 13.5. The Morgan fingerprint density at radius 2 is 1.65 bits per heavy atom. The van der Waals surface area contributed by atoms with Crippen LogP contribution in [-0.2, 0) is 21.4 Å². The minimum absolute atomic E-state index is 0.0764. The number of aromatic amines is 1. The molecule has 34 heavy (non-hydrogen) atoms. The van der Waals surface area contributed by atoms with Crippen LogP contribution in [0.5, 0.6) is 0 Å². The van der Waals surface area contributed by atoms with E-state index >= 15 is 0 Å². The summed E-state index contributed by atoms with van der Waals surface area (Å²) >= 11 is 5.90. The van der Waals surface area contributed by atoms with Gasteiger partial charge >= 0.3 is 0 Å². The summed E-state index contributed by atoms with van der Waals surface area (Å²) < 4.78 is 28.6. The van der Waals surface area contributed by atoms with E-state index in [9.17, 15) is 18.0 Å². The topological polar surface area (TPSA) is 103 Å². The number of nitrogens with zero attached hydrogens (tertiary/aromatic N) is 2. The number of hydrogen-bond acceptors (Lipinski definition) is 4. The summed E-state index contributed by atoms with van der Waals surface area (Å²) in [5.74, 6) is -0.557. The van der Waals surface area contributed by atoms with E-state index in [0.717, 1.165) is 18.4 Å². The molecule has 1 aromatic heterocycles. The summed E-state index contributed by atoms with van der Waals surface area (Å²) in [5.41, 5.74) is 2.25. The van der Waals surface area contributed by atoms with Crippen molar-refractivity contribution < 1.29 is 18.0 Å². The molecule has 184 valence electrons. The van der Waals surface area contributed by atoms with Crippen molar-refractivity contribution in [1.82, 2.24) is 19.5 Å². The largest absolute Gasteiger partial charge is 0.361 e. The summed E-state index contributed by atoms with van der Waals surface area (Å²) in [6, 6.07) is 7.28. The Kier molecular flexibility index (Phi) is 7.35. The Labute approximate surface area is 205 Å². The Bertz CT molecular complexity index is 1160. The maximum absolute atomic E-state index is 13.6. The molecule has 2 aliphatic heterocycles. The summed E-state index contributed by atoms with van der Waals surface area (Å²) in [4.78, 5) is 30.7. The second kappa shape index (κ2) is 10.1. The number of H-pyrrole nitrogens is 1. The molecule has 2 saturated heterocycles. The van der Waals surface area contributed by atoms with Crippen LogP contribution in [0.1, 0.15) is 53.0 Å². The van der Waals surface area contributed by atoms with Crippen LogP contribution in [0.4, 0.5) is 0 Å². The summed E-state index contributed by atoms with van der Waals surface area (Å²) in [6.07, 6.45) is 2.74. The second-order valence-electron chi connectivity index (χ2n) is 9.10. The maximum atomic E-state index is 13.6. The second-order valence-corrected chi connectivity index (χ2v) is 11.4. The minimum atomic E-state index is -3.88. The predicted molar refractivity (Wildman–Crippen MR) is 130 cm³/mol. The van der Waals surface area contributed by atoms with Crippen LogP contribution in [-0.4, -0.2) is 60.6 Å². The Hall–Kier alpha value is -2.36.